The molecular weight excluding hydrogens is 182 g/mol. The number of unbranched alkanes of at least 4 members (excludes halogenated alkanes) is 3. The van der Waals surface area contributed by atoms with E-state index in [1.165, 1.54) is 19.9 Å². The minimum atomic E-state index is -0.493. The Labute approximate surface area is 83.2 Å². The van der Waals surface area contributed by atoms with E-state index in [-0.39, 0.29) is 5.88 Å². The molecule has 0 saturated carbocycles. The Bertz CT molecular complexity index is 338. The van der Waals surface area contributed by atoms with E-state index >= 15 is 0 Å². The molecule has 4 nitrogen and oxygen atoms in total. The van der Waals surface area contributed by atoms with Crippen LogP contribution in [0.3, 0.4) is 0 Å². The van der Waals surface area contributed by atoms with Gasteiger partial charge in [-0.3, -0.25) is 0 Å². The Hall–Kier alpha value is -1.19. The Morgan fingerprint density at radius 1 is 1.36 bits per heavy atom. The van der Waals surface area contributed by atoms with Crippen LogP contribution in [-0.4, -0.2) is 9.67 Å². The molecule has 0 fully saturated rings. The van der Waals surface area contributed by atoms with Crippen LogP contribution in [0.5, 0.6) is 5.88 Å². The zero-order valence-corrected chi connectivity index (χ0v) is 8.75. The zero-order chi connectivity index (χ0) is 10.6. The Balaban J connectivity index is 2.51. The largest absolute Gasteiger partial charge is 0.492 e. The SMILES string of the molecule is CCCCCCc1oc(=O)n(C)c1O. The molecule has 4 heteroatoms. The van der Waals surface area contributed by atoms with E-state index < -0.39 is 5.76 Å². The van der Waals surface area contributed by atoms with Crippen molar-refractivity contribution in [3.05, 3.63) is 16.3 Å². The highest BCUT2D eigenvalue weighted by Gasteiger charge is 2.11. The molecule has 0 unspecified atom stereocenters. The van der Waals surface area contributed by atoms with Crippen LogP contribution in [0.15, 0.2) is 9.21 Å². The monoisotopic (exact) mass is 199 g/mol. The first-order chi connectivity index (χ1) is 6.66. The van der Waals surface area contributed by atoms with E-state index in [2.05, 4.69) is 6.92 Å². The van der Waals surface area contributed by atoms with E-state index in [9.17, 15) is 9.90 Å². The number of hydrogen-bond donors (Lipinski definition) is 1. The van der Waals surface area contributed by atoms with E-state index in [0.717, 1.165) is 17.4 Å². The van der Waals surface area contributed by atoms with Crippen LogP contribution >= 0.6 is 0 Å². The van der Waals surface area contributed by atoms with Crippen molar-refractivity contribution in [1.82, 2.24) is 4.57 Å². The van der Waals surface area contributed by atoms with E-state index in [1.807, 2.05) is 0 Å². The van der Waals surface area contributed by atoms with Gasteiger partial charge in [0.25, 0.3) is 0 Å². The van der Waals surface area contributed by atoms with Gasteiger partial charge in [0.05, 0.1) is 0 Å². The molecule has 1 heterocycles. The lowest BCUT2D eigenvalue weighted by Crippen LogP contribution is -2.07. The van der Waals surface area contributed by atoms with Gasteiger partial charge in [-0.2, -0.15) is 0 Å². The lowest BCUT2D eigenvalue weighted by molar-refractivity contribution is 0.411. The molecule has 14 heavy (non-hydrogen) atoms. The molecule has 80 valence electrons. The topological polar surface area (TPSA) is 55.4 Å². The maximum Gasteiger partial charge on any atom is 0.421 e. The van der Waals surface area contributed by atoms with Crippen LogP contribution in [-0.2, 0) is 13.5 Å². The molecule has 0 bridgehead atoms. The molecule has 0 amide bonds. The predicted octanol–water partition coefficient (Wildman–Crippen LogP) is 1.81. The van der Waals surface area contributed by atoms with Crippen LogP contribution in [0.4, 0.5) is 0 Å². The van der Waals surface area contributed by atoms with Gasteiger partial charge < -0.3 is 9.52 Å². The molecule has 1 aromatic heterocycles. The van der Waals surface area contributed by atoms with Gasteiger partial charge in [-0.05, 0) is 6.42 Å². The molecule has 0 atom stereocenters. The second kappa shape index (κ2) is 4.88. The second-order valence-electron chi connectivity index (χ2n) is 3.48. The maximum absolute atomic E-state index is 11.0. The van der Waals surface area contributed by atoms with Gasteiger partial charge in [-0.25, -0.2) is 9.36 Å². The van der Waals surface area contributed by atoms with Crippen LogP contribution in [0.25, 0.3) is 0 Å². The minimum Gasteiger partial charge on any atom is -0.492 e. The fourth-order valence-corrected chi connectivity index (χ4v) is 1.37. The van der Waals surface area contributed by atoms with Gasteiger partial charge in [0.1, 0.15) is 0 Å². The molecule has 0 radical (unpaired) electrons. The molecule has 0 spiro atoms. The van der Waals surface area contributed by atoms with Gasteiger partial charge in [0.15, 0.2) is 5.76 Å². The normalized spacial score (nSPS) is 10.7. The summed E-state index contributed by atoms with van der Waals surface area (Å²) in [6.07, 6.45) is 5.05. The van der Waals surface area contributed by atoms with Crippen LogP contribution in [0, 0.1) is 0 Å². The van der Waals surface area contributed by atoms with Crippen molar-refractivity contribution >= 4 is 0 Å². The van der Waals surface area contributed by atoms with Crippen LogP contribution < -0.4 is 5.76 Å². The Morgan fingerprint density at radius 2 is 2.07 bits per heavy atom. The molecule has 0 aliphatic heterocycles. The molecule has 1 rings (SSSR count). The van der Waals surface area contributed by atoms with Crippen molar-refractivity contribution < 1.29 is 9.52 Å². The van der Waals surface area contributed by atoms with Gasteiger partial charge in [-0.1, -0.05) is 26.2 Å². The summed E-state index contributed by atoms with van der Waals surface area (Å²) >= 11 is 0. The van der Waals surface area contributed by atoms with Gasteiger partial charge in [0, 0.05) is 13.5 Å². The third-order valence-electron chi connectivity index (χ3n) is 2.31. The van der Waals surface area contributed by atoms with Crippen molar-refractivity contribution in [2.24, 2.45) is 7.05 Å². The molecule has 0 aromatic carbocycles. The molecule has 0 saturated heterocycles. The molecule has 1 aromatic rings. The summed E-state index contributed by atoms with van der Waals surface area (Å²) in [4.78, 5) is 11.0. The standard InChI is InChI=1S/C10H17NO3/c1-3-4-5-6-7-8-9(12)11(2)10(13)14-8/h12H,3-7H2,1-2H3. The second-order valence-corrected chi connectivity index (χ2v) is 3.48. The average molecular weight is 199 g/mol. The number of hydrogen-bond acceptors (Lipinski definition) is 3. The molecule has 0 aliphatic rings. The van der Waals surface area contributed by atoms with E-state index in [1.54, 1.807) is 0 Å². The number of nitrogens with zero attached hydrogens (tertiary/aromatic N) is 1. The molecule has 1 N–H and O–H groups in total. The van der Waals surface area contributed by atoms with Crippen LogP contribution in [0.1, 0.15) is 38.4 Å². The van der Waals surface area contributed by atoms with Crippen molar-refractivity contribution in [2.45, 2.75) is 39.0 Å². The Morgan fingerprint density at radius 3 is 2.57 bits per heavy atom. The number of rotatable bonds is 5. The maximum atomic E-state index is 11.0. The number of aromatic nitrogens is 1. The summed E-state index contributed by atoms with van der Waals surface area (Å²) in [6.45, 7) is 2.14. The summed E-state index contributed by atoms with van der Waals surface area (Å²) in [5, 5.41) is 9.44. The number of aryl methyl sites for hydroxylation is 1. The first kappa shape index (κ1) is 10.9. The fraction of sp³-hybridized carbons (Fsp3) is 0.700. The highest BCUT2D eigenvalue weighted by molar-refractivity contribution is 5.14. The van der Waals surface area contributed by atoms with Crippen LogP contribution in [0.2, 0.25) is 0 Å². The van der Waals surface area contributed by atoms with Gasteiger partial charge >= 0.3 is 5.76 Å². The highest BCUT2D eigenvalue weighted by Crippen LogP contribution is 2.16. The summed E-state index contributed by atoms with van der Waals surface area (Å²) in [5.41, 5.74) is 0. The Kier molecular flexibility index (Phi) is 3.80. The van der Waals surface area contributed by atoms with E-state index in [4.69, 9.17) is 4.42 Å². The van der Waals surface area contributed by atoms with Gasteiger partial charge in [-0.15, -0.1) is 0 Å². The first-order valence-electron chi connectivity index (χ1n) is 5.04. The summed E-state index contributed by atoms with van der Waals surface area (Å²) in [6, 6.07) is 0. The zero-order valence-electron chi connectivity index (χ0n) is 8.75. The van der Waals surface area contributed by atoms with Gasteiger partial charge in [0.2, 0.25) is 5.88 Å². The quantitative estimate of drug-likeness (QED) is 0.736. The van der Waals surface area contributed by atoms with Crippen molar-refractivity contribution in [3.8, 4) is 5.88 Å². The first-order valence-corrected chi connectivity index (χ1v) is 5.04. The van der Waals surface area contributed by atoms with E-state index in [0.29, 0.717) is 12.2 Å². The summed E-state index contributed by atoms with van der Waals surface area (Å²) < 4.78 is 6.00. The highest BCUT2D eigenvalue weighted by atomic mass is 16.4. The summed E-state index contributed by atoms with van der Waals surface area (Å²) in [7, 11) is 1.50. The predicted molar refractivity (Wildman–Crippen MR) is 53.5 cm³/mol. The molecule has 0 aliphatic carbocycles. The molecular formula is C10H17NO3. The minimum absolute atomic E-state index is 0.0356. The lowest BCUT2D eigenvalue weighted by Gasteiger charge is -1.97. The third kappa shape index (κ3) is 2.40. The van der Waals surface area contributed by atoms with Crippen molar-refractivity contribution in [2.75, 3.05) is 0 Å². The fourth-order valence-electron chi connectivity index (χ4n) is 1.37. The third-order valence-corrected chi connectivity index (χ3v) is 2.31. The average Bonchev–Trinajstić information content (AvgIpc) is 2.41. The smallest absolute Gasteiger partial charge is 0.421 e. The summed E-state index contributed by atoms with van der Waals surface area (Å²) in [5.74, 6) is -0.118. The lowest BCUT2D eigenvalue weighted by atomic mass is 10.1. The number of aromatic hydroxyl groups is 1. The number of oxazole rings is 1. The van der Waals surface area contributed by atoms with Crippen molar-refractivity contribution in [3.63, 3.8) is 0 Å². The van der Waals surface area contributed by atoms with Crippen molar-refractivity contribution in [1.29, 1.82) is 0 Å².